The van der Waals surface area contributed by atoms with Gasteiger partial charge in [0.1, 0.15) is 5.75 Å². The van der Waals surface area contributed by atoms with Gasteiger partial charge in [-0.1, -0.05) is 31.2 Å². The van der Waals surface area contributed by atoms with Gasteiger partial charge in [0.15, 0.2) is 0 Å². The van der Waals surface area contributed by atoms with E-state index in [0.29, 0.717) is 31.7 Å². The first kappa shape index (κ1) is 22.3. The molecule has 1 heterocycles. The summed E-state index contributed by atoms with van der Waals surface area (Å²) in [6.45, 7) is 4.77. The van der Waals surface area contributed by atoms with Gasteiger partial charge in [0.25, 0.3) is 0 Å². The molecule has 2 aromatic carbocycles. The van der Waals surface area contributed by atoms with E-state index in [0.717, 1.165) is 12.0 Å². The van der Waals surface area contributed by atoms with Crippen molar-refractivity contribution in [3.8, 4) is 5.75 Å². The van der Waals surface area contributed by atoms with Crippen molar-refractivity contribution in [1.82, 2.24) is 9.62 Å². The second kappa shape index (κ2) is 9.62. The van der Waals surface area contributed by atoms with Crippen LogP contribution in [0, 0.1) is 5.92 Å². The van der Waals surface area contributed by atoms with Crippen LogP contribution in [0.3, 0.4) is 0 Å². The number of rotatable bonds is 7. The molecule has 30 heavy (non-hydrogen) atoms. The number of aryl methyl sites for hydroxylation is 1. The number of nitrogens with zero attached hydrogens (tertiary/aromatic N) is 1. The Morgan fingerprint density at radius 3 is 2.23 bits per heavy atom. The van der Waals surface area contributed by atoms with Gasteiger partial charge in [0, 0.05) is 19.0 Å². The van der Waals surface area contributed by atoms with Crippen LogP contribution in [-0.2, 0) is 21.2 Å². The van der Waals surface area contributed by atoms with Crippen LogP contribution in [0.2, 0.25) is 0 Å². The molecule has 1 amide bonds. The van der Waals surface area contributed by atoms with E-state index in [4.69, 9.17) is 4.74 Å². The normalized spacial score (nSPS) is 16.8. The second-order valence-electron chi connectivity index (χ2n) is 7.68. The Morgan fingerprint density at radius 2 is 1.70 bits per heavy atom. The van der Waals surface area contributed by atoms with Crippen LogP contribution in [0.15, 0.2) is 53.4 Å². The number of nitrogens with one attached hydrogen (secondary N) is 1. The fraction of sp³-hybridized carbons (Fsp3) is 0.435. The first-order valence-electron chi connectivity index (χ1n) is 10.4. The van der Waals surface area contributed by atoms with Crippen LogP contribution < -0.4 is 10.1 Å². The Morgan fingerprint density at radius 1 is 1.10 bits per heavy atom. The molecule has 2 aromatic rings. The van der Waals surface area contributed by atoms with Crippen LogP contribution >= 0.6 is 0 Å². The molecule has 0 bridgehead atoms. The van der Waals surface area contributed by atoms with Crippen molar-refractivity contribution in [3.05, 3.63) is 59.7 Å². The number of hydrogen-bond acceptors (Lipinski definition) is 4. The van der Waals surface area contributed by atoms with Crippen molar-refractivity contribution in [1.29, 1.82) is 0 Å². The first-order valence-corrected chi connectivity index (χ1v) is 11.8. The lowest BCUT2D eigenvalue weighted by Crippen LogP contribution is -2.43. The first-order chi connectivity index (χ1) is 14.3. The van der Waals surface area contributed by atoms with Crippen LogP contribution in [0.1, 0.15) is 43.9 Å². The van der Waals surface area contributed by atoms with Crippen molar-refractivity contribution in [2.75, 3.05) is 20.2 Å². The molecular weight excluding hydrogens is 400 g/mol. The lowest BCUT2D eigenvalue weighted by Gasteiger charge is -2.31. The van der Waals surface area contributed by atoms with E-state index >= 15 is 0 Å². The molecule has 7 heteroatoms. The molecule has 0 aliphatic carbocycles. The Labute approximate surface area is 179 Å². The fourth-order valence-corrected chi connectivity index (χ4v) is 5.18. The zero-order chi connectivity index (χ0) is 21.7. The lowest BCUT2D eigenvalue weighted by atomic mass is 9.96. The third kappa shape index (κ3) is 5.02. The molecule has 0 saturated carbocycles. The minimum absolute atomic E-state index is 0.0106. The van der Waals surface area contributed by atoms with Crippen LogP contribution in [0.5, 0.6) is 5.75 Å². The number of carbonyl (C=O) groups excluding carboxylic acids is 1. The van der Waals surface area contributed by atoms with E-state index < -0.39 is 10.0 Å². The molecule has 0 radical (unpaired) electrons. The van der Waals surface area contributed by atoms with E-state index in [1.165, 1.54) is 9.87 Å². The van der Waals surface area contributed by atoms with Gasteiger partial charge in [-0.15, -0.1) is 0 Å². The van der Waals surface area contributed by atoms with E-state index in [1.54, 1.807) is 31.4 Å². The molecular formula is C23H30N2O4S. The molecule has 1 aliphatic heterocycles. The topological polar surface area (TPSA) is 75.7 Å². The predicted octanol–water partition coefficient (Wildman–Crippen LogP) is 3.54. The zero-order valence-corrected chi connectivity index (χ0v) is 18.6. The van der Waals surface area contributed by atoms with Gasteiger partial charge in [-0.3, -0.25) is 4.79 Å². The average Bonchev–Trinajstić information content (AvgIpc) is 2.79. The van der Waals surface area contributed by atoms with Gasteiger partial charge in [-0.25, -0.2) is 8.42 Å². The predicted molar refractivity (Wildman–Crippen MR) is 117 cm³/mol. The smallest absolute Gasteiger partial charge is 0.243 e. The van der Waals surface area contributed by atoms with Crippen LogP contribution in [0.25, 0.3) is 0 Å². The Hall–Kier alpha value is -2.38. The highest BCUT2D eigenvalue weighted by Gasteiger charge is 2.32. The molecule has 6 nitrogen and oxygen atoms in total. The molecule has 0 aromatic heterocycles. The summed E-state index contributed by atoms with van der Waals surface area (Å²) in [5, 5.41) is 3.08. The average molecular weight is 431 g/mol. The number of ether oxygens (including phenoxy) is 1. The standard InChI is InChI=1S/C23H30N2O4S/c1-4-18-5-7-19(8-6-18)17(2)24-23(26)20-13-15-25(16-14-20)30(27,28)22-11-9-21(29-3)10-12-22/h5-12,17,20H,4,13-16H2,1-3H3,(H,24,26)/t17-/m1/s1. The summed E-state index contributed by atoms with van der Waals surface area (Å²) in [6, 6.07) is 14.6. The maximum atomic E-state index is 12.9. The largest absolute Gasteiger partial charge is 0.497 e. The number of methoxy groups -OCH3 is 1. The molecule has 3 rings (SSSR count). The second-order valence-corrected chi connectivity index (χ2v) is 9.62. The number of hydrogen-bond donors (Lipinski definition) is 1. The number of carbonyl (C=O) groups is 1. The summed E-state index contributed by atoms with van der Waals surface area (Å²) >= 11 is 0. The van der Waals surface area contributed by atoms with E-state index in [-0.39, 0.29) is 22.8 Å². The molecule has 1 saturated heterocycles. The summed E-state index contributed by atoms with van der Waals surface area (Å²) < 4.78 is 32.3. The van der Waals surface area contributed by atoms with Crippen LogP contribution in [-0.4, -0.2) is 38.8 Å². The Bertz CT molecular complexity index is 948. The number of piperidine rings is 1. The third-order valence-corrected chi connectivity index (χ3v) is 7.68. The summed E-state index contributed by atoms with van der Waals surface area (Å²) in [5.74, 6) is 0.427. The molecule has 1 fully saturated rings. The number of amides is 1. The maximum Gasteiger partial charge on any atom is 0.243 e. The van der Waals surface area contributed by atoms with Gasteiger partial charge in [-0.2, -0.15) is 4.31 Å². The molecule has 1 atom stereocenters. The molecule has 1 aliphatic rings. The van der Waals surface area contributed by atoms with Crippen molar-refractivity contribution in [2.45, 2.75) is 44.0 Å². The van der Waals surface area contributed by atoms with Crippen molar-refractivity contribution >= 4 is 15.9 Å². The molecule has 0 spiro atoms. The van der Waals surface area contributed by atoms with E-state index in [2.05, 4.69) is 24.4 Å². The molecule has 0 unspecified atom stereocenters. The van der Waals surface area contributed by atoms with E-state index in [9.17, 15) is 13.2 Å². The number of sulfonamides is 1. The third-order valence-electron chi connectivity index (χ3n) is 5.77. The monoisotopic (exact) mass is 430 g/mol. The van der Waals surface area contributed by atoms with Gasteiger partial charge >= 0.3 is 0 Å². The lowest BCUT2D eigenvalue weighted by molar-refractivity contribution is -0.126. The summed E-state index contributed by atoms with van der Waals surface area (Å²) in [4.78, 5) is 13.0. The highest BCUT2D eigenvalue weighted by molar-refractivity contribution is 7.89. The summed E-state index contributed by atoms with van der Waals surface area (Å²) in [6.07, 6.45) is 2.02. The van der Waals surface area contributed by atoms with E-state index in [1.807, 2.05) is 19.1 Å². The quantitative estimate of drug-likeness (QED) is 0.729. The van der Waals surface area contributed by atoms with Gasteiger partial charge in [-0.05, 0) is 61.6 Å². The SMILES string of the molecule is CCc1ccc([C@@H](C)NC(=O)C2CCN(S(=O)(=O)c3ccc(OC)cc3)CC2)cc1. The fourth-order valence-electron chi connectivity index (χ4n) is 3.71. The number of benzene rings is 2. The minimum Gasteiger partial charge on any atom is -0.497 e. The summed E-state index contributed by atoms with van der Waals surface area (Å²) in [5.41, 5.74) is 2.34. The van der Waals surface area contributed by atoms with Crippen molar-refractivity contribution in [3.63, 3.8) is 0 Å². The maximum absolute atomic E-state index is 12.9. The summed E-state index contributed by atoms with van der Waals surface area (Å²) in [7, 11) is -2.02. The minimum atomic E-state index is -3.56. The molecule has 162 valence electrons. The van der Waals surface area contributed by atoms with Crippen molar-refractivity contribution in [2.24, 2.45) is 5.92 Å². The van der Waals surface area contributed by atoms with Gasteiger partial charge in [0.2, 0.25) is 15.9 Å². The highest BCUT2D eigenvalue weighted by Crippen LogP contribution is 2.26. The van der Waals surface area contributed by atoms with Gasteiger partial charge < -0.3 is 10.1 Å². The molecule has 1 N–H and O–H groups in total. The van der Waals surface area contributed by atoms with Crippen LogP contribution in [0.4, 0.5) is 0 Å². The highest BCUT2D eigenvalue weighted by atomic mass is 32.2. The van der Waals surface area contributed by atoms with Crippen molar-refractivity contribution < 1.29 is 17.9 Å². The van der Waals surface area contributed by atoms with Gasteiger partial charge in [0.05, 0.1) is 18.0 Å². The zero-order valence-electron chi connectivity index (χ0n) is 17.8. The Kier molecular flexibility index (Phi) is 7.15. The Balaban J connectivity index is 1.56.